The highest BCUT2D eigenvalue weighted by atomic mass is 16.5. The summed E-state index contributed by atoms with van der Waals surface area (Å²) in [6.45, 7) is 2.81. The lowest BCUT2D eigenvalue weighted by Gasteiger charge is -2.24. The first-order valence-electron chi connectivity index (χ1n) is 12.1. The largest absolute Gasteiger partial charge is 0.457 e. The summed E-state index contributed by atoms with van der Waals surface area (Å²) < 4.78 is 5.88. The van der Waals surface area contributed by atoms with Crippen molar-refractivity contribution < 1.29 is 14.3 Å². The summed E-state index contributed by atoms with van der Waals surface area (Å²) in [5, 5.41) is 8.59. The molecule has 0 radical (unpaired) electrons. The Kier molecular flexibility index (Phi) is 8.75. The summed E-state index contributed by atoms with van der Waals surface area (Å²) in [5.41, 5.74) is 3.27. The van der Waals surface area contributed by atoms with E-state index in [0.29, 0.717) is 30.9 Å². The molecule has 3 N–H and O–H groups in total. The van der Waals surface area contributed by atoms with Gasteiger partial charge in [0, 0.05) is 30.2 Å². The summed E-state index contributed by atoms with van der Waals surface area (Å²) >= 11 is 0. The monoisotopic (exact) mass is 494 g/mol. The lowest BCUT2D eigenvalue weighted by Crippen LogP contribution is -2.38. The van der Waals surface area contributed by atoms with Gasteiger partial charge in [0.25, 0.3) is 0 Å². The van der Waals surface area contributed by atoms with E-state index >= 15 is 0 Å². The molecule has 4 rings (SSSR count). The van der Waals surface area contributed by atoms with Crippen molar-refractivity contribution in [3.05, 3.63) is 115 Å². The smallest absolute Gasteiger partial charge is 0.326 e. The van der Waals surface area contributed by atoms with E-state index in [2.05, 4.69) is 16.0 Å². The number of ether oxygens (including phenoxy) is 1. The third-order valence-corrected chi connectivity index (χ3v) is 5.55. The highest BCUT2D eigenvalue weighted by Gasteiger charge is 2.16. The predicted molar refractivity (Wildman–Crippen MR) is 149 cm³/mol. The molecular weight excluding hydrogens is 464 g/mol. The first-order chi connectivity index (χ1) is 18.1. The molecule has 37 heavy (non-hydrogen) atoms. The van der Waals surface area contributed by atoms with Crippen molar-refractivity contribution in [2.45, 2.75) is 13.3 Å². The van der Waals surface area contributed by atoms with Crippen molar-refractivity contribution in [2.75, 3.05) is 28.6 Å². The molecule has 0 aliphatic carbocycles. The fraction of sp³-hybridized carbons (Fsp3) is 0.133. The Balaban J connectivity index is 1.39. The van der Waals surface area contributed by atoms with E-state index in [0.717, 1.165) is 22.7 Å². The van der Waals surface area contributed by atoms with Gasteiger partial charge in [0.1, 0.15) is 11.5 Å². The van der Waals surface area contributed by atoms with Crippen LogP contribution in [0.15, 0.2) is 109 Å². The van der Waals surface area contributed by atoms with Gasteiger partial charge in [-0.2, -0.15) is 0 Å². The zero-order valence-electron chi connectivity index (χ0n) is 20.7. The number of urea groups is 2. The fourth-order valence-electron chi connectivity index (χ4n) is 3.63. The number of anilines is 3. The minimum absolute atomic E-state index is 0.255. The maximum Gasteiger partial charge on any atom is 0.326 e. The Morgan fingerprint density at radius 2 is 1.30 bits per heavy atom. The van der Waals surface area contributed by atoms with Gasteiger partial charge < -0.3 is 20.7 Å². The van der Waals surface area contributed by atoms with Gasteiger partial charge in [0.05, 0.1) is 0 Å². The van der Waals surface area contributed by atoms with Gasteiger partial charge in [0.15, 0.2) is 0 Å². The van der Waals surface area contributed by atoms with E-state index in [9.17, 15) is 9.59 Å². The topological polar surface area (TPSA) is 82.7 Å². The Morgan fingerprint density at radius 3 is 1.97 bits per heavy atom. The Morgan fingerprint density at radius 1 is 0.703 bits per heavy atom. The molecule has 0 heterocycles. The van der Waals surface area contributed by atoms with Gasteiger partial charge in [-0.3, -0.25) is 4.90 Å². The third kappa shape index (κ3) is 7.86. The molecule has 0 aliphatic rings. The fourth-order valence-corrected chi connectivity index (χ4v) is 3.63. The Hall–Kier alpha value is -4.78. The number of carbonyl (C=O) groups excluding carboxylic acids is 2. The van der Waals surface area contributed by atoms with Crippen molar-refractivity contribution in [2.24, 2.45) is 0 Å². The number of benzene rings is 4. The average molecular weight is 495 g/mol. The number of rotatable bonds is 9. The van der Waals surface area contributed by atoms with Gasteiger partial charge in [-0.1, -0.05) is 54.1 Å². The standard InChI is InChI=1S/C30H30N4O3/c1-23-13-15-25(16-14-23)33-30(36)34(22-8-21-31-29(35)32-24-9-4-2-5-10-24)26-17-19-28(20-18-26)37-27-11-6-3-7-12-27/h2-7,9-20H,8,21-22H2,1H3,(H,33,36)(H2,31,32,35). The quantitative estimate of drug-likeness (QED) is 0.218. The molecule has 188 valence electrons. The number of carbonyl (C=O) groups is 2. The summed E-state index contributed by atoms with van der Waals surface area (Å²) in [6.07, 6.45) is 0.561. The minimum atomic E-state index is -0.288. The maximum atomic E-state index is 13.2. The van der Waals surface area contributed by atoms with Gasteiger partial charge in [-0.25, -0.2) is 9.59 Å². The van der Waals surface area contributed by atoms with Crippen LogP contribution < -0.4 is 25.6 Å². The number of nitrogens with one attached hydrogen (secondary N) is 3. The lowest BCUT2D eigenvalue weighted by atomic mass is 10.2. The number of hydrogen-bond acceptors (Lipinski definition) is 3. The molecule has 4 aromatic carbocycles. The molecule has 0 spiro atoms. The van der Waals surface area contributed by atoms with Crippen LogP contribution in [0.2, 0.25) is 0 Å². The second-order valence-corrected chi connectivity index (χ2v) is 8.46. The zero-order valence-corrected chi connectivity index (χ0v) is 20.7. The van der Waals surface area contributed by atoms with Gasteiger partial charge >= 0.3 is 12.1 Å². The number of amides is 4. The van der Waals surface area contributed by atoms with E-state index in [1.807, 2.05) is 116 Å². The minimum Gasteiger partial charge on any atom is -0.457 e. The van der Waals surface area contributed by atoms with Crippen molar-refractivity contribution in [3.63, 3.8) is 0 Å². The number of para-hydroxylation sites is 2. The lowest BCUT2D eigenvalue weighted by molar-refractivity contribution is 0.252. The Labute approximate surface area is 217 Å². The van der Waals surface area contributed by atoms with Crippen molar-refractivity contribution >= 4 is 29.1 Å². The van der Waals surface area contributed by atoms with E-state index in [-0.39, 0.29) is 12.1 Å². The van der Waals surface area contributed by atoms with Gasteiger partial charge in [-0.15, -0.1) is 0 Å². The molecular formula is C30H30N4O3. The molecule has 0 bridgehead atoms. The molecule has 0 atom stereocenters. The van der Waals surface area contributed by atoms with Crippen LogP contribution in [0, 0.1) is 6.92 Å². The molecule has 0 saturated heterocycles. The molecule has 4 amide bonds. The van der Waals surface area contributed by atoms with E-state index in [1.54, 1.807) is 4.90 Å². The van der Waals surface area contributed by atoms with Crippen LogP contribution in [0.5, 0.6) is 11.5 Å². The average Bonchev–Trinajstić information content (AvgIpc) is 2.92. The molecule has 7 heteroatoms. The maximum absolute atomic E-state index is 13.2. The SMILES string of the molecule is Cc1ccc(NC(=O)N(CCCNC(=O)Nc2ccccc2)c2ccc(Oc3ccccc3)cc2)cc1. The molecule has 0 fully saturated rings. The second kappa shape index (κ2) is 12.8. The zero-order chi connectivity index (χ0) is 25.9. The predicted octanol–water partition coefficient (Wildman–Crippen LogP) is 7.04. The highest BCUT2D eigenvalue weighted by molar-refractivity contribution is 6.01. The van der Waals surface area contributed by atoms with E-state index in [1.165, 1.54) is 0 Å². The van der Waals surface area contributed by atoms with Crippen LogP contribution in [0.25, 0.3) is 0 Å². The highest BCUT2D eigenvalue weighted by Crippen LogP contribution is 2.25. The summed E-state index contributed by atoms with van der Waals surface area (Å²) in [7, 11) is 0. The van der Waals surface area contributed by atoms with E-state index in [4.69, 9.17) is 4.74 Å². The van der Waals surface area contributed by atoms with Crippen LogP contribution in [0.4, 0.5) is 26.7 Å². The van der Waals surface area contributed by atoms with Gasteiger partial charge in [-0.05, 0) is 74.0 Å². The normalized spacial score (nSPS) is 10.3. The molecule has 4 aromatic rings. The van der Waals surface area contributed by atoms with Crippen molar-refractivity contribution in [1.82, 2.24) is 5.32 Å². The van der Waals surface area contributed by atoms with Crippen LogP contribution >= 0.6 is 0 Å². The first kappa shape index (κ1) is 25.3. The van der Waals surface area contributed by atoms with Crippen LogP contribution in [0.3, 0.4) is 0 Å². The second-order valence-electron chi connectivity index (χ2n) is 8.46. The number of nitrogens with zero attached hydrogens (tertiary/aromatic N) is 1. The van der Waals surface area contributed by atoms with Gasteiger partial charge in [0.2, 0.25) is 0 Å². The van der Waals surface area contributed by atoms with Crippen LogP contribution in [0.1, 0.15) is 12.0 Å². The van der Waals surface area contributed by atoms with Crippen LogP contribution in [-0.4, -0.2) is 25.2 Å². The molecule has 7 nitrogen and oxygen atoms in total. The molecule has 0 unspecified atom stereocenters. The third-order valence-electron chi connectivity index (χ3n) is 5.55. The number of hydrogen-bond donors (Lipinski definition) is 3. The summed E-state index contributed by atoms with van der Waals surface area (Å²) in [6, 6.07) is 33.2. The van der Waals surface area contributed by atoms with E-state index < -0.39 is 0 Å². The summed E-state index contributed by atoms with van der Waals surface area (Å²) in [5.74, 6) is 1.41. The molecule has 0 saturated carbocycles. The Bertz CT molecular complexity index is 1280. The first-order valence-corrected chi connectivity index (χ1v) is 12.1. The summed E-state index contributed by atoms with van der Waals surface area (Å²) in [4.78, 5) is 27.1. The van der Waals surface area contributed by atoms with Crippen LogP contribution in [-0.2, 0) is 0 Å². The molecule has 0 aromatic heterocycles. The molecule has 0 aliphatic heterocycles. The van der Waals surface area contributed by atoms with Crippen molar-refractivity contribution in [1.29, 1.82) is 0 Å². The number of aryl methyl sites for hydroxylation is 1. The van der Waals surface area contributed by atoms with Crippen molar-refractivity contribution in [3.8, 4) is 11.5 Å².